The van der Waals surface area contributed by atoms with Gasteiger partial charge in [-0.2, -0.15) is 0 Å². The molecule has 18 heavy (non-hydrogen) atoms. The van der Waals surface area contributed by atoms with Crippen LogP contribution >= 0.6 is 0 Å². The zero-order valence-electron chi connectivity index (χ0n) is 11.8. The molecule has 2 atom stereocenters. The highest BCUT2D eigenvalue weighted by atomic mass is 16.5. The minimum Gasteiger partial charge on any atom is -0.369 e. The van der Waals surface area contributed by atoms with Gasteiger partial charge in [-0.05, 0) is 27.2 Å². The molecule has 4 heteroatoms. The molecule has 0 bridgehead atoms. The first-order valence-corrected chi connectivity index (χ1v) is 6.57. The van der Waals surface area contributed by atoms with E-state index in [1.54, 1.807) is 4.90 Å². The highest BCUT2D eigenvalue weighted by Crippen LogP contribution is 2.20. The quantitative estimate of drug-likeness (QED) is 0.781. The predicted molar refractivity (Wildman–Crippen MR) is 72.3 cm³/mol. The molecule has 0 saturated carbocycles. The number of rotatable bonds is 3. The third kappa shape index (κ3) is 4.23. The zero-order valence-corrected chi connectivity index (χ0v) is 11.8. The Hall–Kier alpha value is -1.21. The second-order valence-corrected chi connectivity index (χ2v) is 5.53. The first-order chi connectivity index (χ1) is 8.38. The van der Waals surface area contributed by atoms with Crippen LogP contribution in [-0.2, 0) is 4.74 Å². The van der Waals surface area contributed by atoms with Crippen LogP contribution in [0.2, 0.25) is 0 Å². The minimum absolute atomic E-state index is 0.0509. The van der Waals surface area contributed by atoms with Crippen molar-refractivity contribution in [1.82, 2.24) is 10.2 Å². The molecule has 0 aromatic carbocycles. The summed E-state index contributed by atoms with van der Waals surface area (Å²) in [5, 5.41) is 2.89. The minimum atomic E-state index is -0.300. The van der Waals surface area contributed by atoms with Crippen molar-refractivity contribution in [3.63, 3.8) is 0 Å². The largest absolute Gasteiger partial charge is 0.369 e. The second-order valence-electron chi connectivity index (χ2n) is 5.53. The van der Waals surface area contributed by atoms with E-state index < -0.39 is 0 Å². The molecule has 1 rings (SSSR count). The average molecular weight is 252 g/mol. The van der Waals surface area contributed by atoms with Gasteiger partial charge in [-0.1, -0.05) is 19.3 Å². The molecule has 0 radical (unpaired) electrons. The van der Waals surface area contributed by atoms with Gasteiger partial charge in [-0.3, -0.25) is 0 Å². The molecule has 1 heterocycles. The summed E-state index contributed by atoms with van der Waals surface area (Å²) in [5.41, 5.74) is -0.300. The van der Waals surface area contributed by atoms with E-state index in [4.69, 9.17) is 11.2 Å². The van der Waals surface area contributed by atoms with Gasteiger partial charge in [0, 0.05) is 6.54 Å². The van der Waals surface area contributed by atoms with Gasteiger partial charge in [0.05, 0.1) is 24.3 Å². The lowest BCUT2D eigenvalue weighted by Crippen LogP contribution is -2.57. The Balaban J connectivity index is 2.58. The van der Waals surface area contributed by atoms with E-state index in [0.717, 1.165) is 12.8 Å². The van der Waals surface area contributed by atoms with E-state index in [9.17, 15) is 4.79 Å². The van der Waals surface area contributed by atoms with Gasteiger partial charge in [-0.15, -0.1) is 6.42 Å². The monoisotopic (exact) mass is 252 g/mol. The molecular weight excluding hydrogens is 228 g/mol. The highest BCUT2D eigenvalue weighted by molar-refractivity contribution is 5.75. The zero-order chi connectivity index (χ0) is 13.8. The number of carbonyl (C=O) groups excluding carboxylic acids is 1. The van der Waals surface area contributed by atoms with Gasteiger partial charge >= 0.3 is 6.03 Å². The average Bonchev–Trinajstić information content (AvgIpc) is 2.25. The molecule has 1 saturated heterocycles. The number of nitrogens with zero attached hydrogens (tertiary/aromatic N) is 1. The summed E-state index contributed by atoms with van der Waals surface area (Å²) in [6, 6.07) is -0.265. The second kappa shape index (κ2) is 6.10. The summed E-state index contributed by atoms with van der Waals surface area (Å²) in [6.07, 6.45) is 7.23. The van der Waals surface area contributed by atoms with Crippen LogP contribution < -0.4 is 5.32 Å². The van der Waals surface area contributed by atoms with Crippen molar-refractivity contribution in [2.45, 2.75) is 58.3 Å². The van der Waals surface area contributed by atoms with Crippen molar-refractivity contribution in [2.24, 2.45) is 0 Å². The Labute approximate surface area is 110 Å². The number of carbonyl (C=O) groups is 1. The van der Waals surface area contributed by atoms with Gasteiger partial charge in [-0.25, -0.2) is 4.79 Å². The molecule has 1 fully saturated rings. The maximum atomic E-state index is 12.1. The van der Waals surface area contributed by atoms with Crippen LogP contribution in [-0.4, -0.2) is 41.8 Å². The highest BCUT2D eigenvalue weighted by Gasteiger charge is 2.34. The fraction of sp³-hybridized carbons (Fsp3) is 0.786. The van der Waals surface area contributed by atoms with Gasteiger partial charge in [0.15, 0.2) is 0 Å². The summed E-state index contributed by atoms with van der Waals surface area (Å²) < 4.78 is 5.77. The Bertz CT molecular complexity index is 333. The number of hydrogen-bond acceptors (Lipinski definition) is 2. The van der Waals surface area contributed by atoms with Crippen LogP contribution in [0.25, 0.3) is 0 Å². The first-order valence-electron chi connectivity index (χ1n) is 6.57. The first kappa shape index (κ1) is 14.8. The van der Waals surface area contributed by atoms with Crippen molar-refractivity contribution < 1.29 is 9.53 Å². The van der Waals surface area contributed by atoms with Crippen LogP contribution in [0.5, 0.6) is 0 Å². The van der Waals surface area contributed by atoms with Crippen molar-refractivity contribution in [1.29, 1.82) is 0 Å². The van der Waals surface area contributed by atoms with Crippen molar-refractivity contribution in [2.75, 3.05) is 13.1 Å². The van der Waals surface area contributed by atoms with Crippen molar-refractivity contribution >= 4 is 6.03 Å². The van der Waals surface area contributed by atoms with Crippen LogP contribution in [0.3, 0.4) is 0 Å². The van der Waals surface area contributed by atoms with Gasteiger partial charge < -0.3 is 15.0 Å². The number of hydrogen-bond donors (Lipinski definition) is 1. The predicted octanol–water partition coefficient (Wildman–Crippen LogP) is 2.00. The molecule has 0 aliphatic carbocycles. The maximum Gasteiger partial charge on any atom is 0.318 e. The van der Waals surface area contributed by atoms with Gasteiger partial charge in [0.1, 0.15) is 0 Å². The number of urea groups is 1. The number of terminal acetylenes is 1. The van der Waals surface area contributed by atoms with Crippen LogP contribution in [0.15, 0.2) is 0 Å². The van der Waals surface area contributed by atoms with E-state index in [1.807, 2.05) is 20.8 Å². The van der Waals surface area contributed by atoms with Crippen LogP contribution in [0.4, 0.5) is 4.79 Å². The SMILES string of the molecule is C#C[C@H](CCC)NC(=O)N1C[C@@H](C)OC(C)(C)C1. The lowest BCUT2D eigenvalue weighted by atomic mass is 10.1. The molecule has 2 amide bonds. The fourth-order valence-corrected chi connectivity index (χ4v) is 2.33. The van der Waals surface area contributed by atoms with E-state index in [-0.39, 0.29) is 23.8 Å². The normalized spacial score (nSPS) is 24.2. The lowest BCUT2D eigenvalue weighted by molar-refractivity contribution is -0.117. The standard InChI is InChI=1S/C14H24N2O2/c1-6-8-12(7-2)15-13(17)16-9-11(3)18-14(4,5)10-16/h2,11-12H,6,8-10H2,1,3-5H3,(H,15,17)/t11-,12-/m1/s1. The molecule has 102 valence electrons. The Kier molecular flexibility index (Phi) is 5.03. The number of ether oxygens (including phenoxy) is 1. The molecule has 1 N–H and O–H groups in total. The summed E-state index contributed by atoms with van der Waals surface area (Å²) >= 11 is 0. The molecule has 0 unspecified atom stereocenters. The Morgan fingerprint density at radius 3 is 2.83 bits per heavy atom. The van der Waals surface area contributed by atoms with Crippen molar-refractivity contribution in [3.8, 4) is 12.3 Å². The molecule has 0 aromatic rings. The topological polar surface area (TPSA) is 41.6 Å². The smallest absolute Gasteiger partial charge is 0.318 e. The Morgan fingerprint density at radius 2 is 2.33 bits per heavy atom. The Morgan fingerprint density at radius 1 is 1.67 bits per heavy atom. The fourth-order valence-electron chi connectivity index (χ4n) is 2.33. The maximum absolute atomic E-state index is 12.1. The molecule has 1 aliphatic rings. The summed E-state index contributed by atoms with van der Waals surface area (Å²) in [5.74, 6) is 2.62. The third-order valence-electron chi connectivity index (χ3n) is 2.93. The summed E-state index contributed by atoms with van der Waals surface area (Å²) in [7, 11) is 0. The third-order valence-corrected chi connectivity index (χ3v) is 2.93. The molecular formula is C14H24N2O2. The van der Waals surface area contributed by atoms with Crippen molar-refractivity contribution in [3.05, 3.63) is 0 Å². The van der Waals surface area contributed by atoms with Gasteiger partial charge in [0.2, 0.25) is 0 Å². The number of morpholine rings is 1. The summed E-state index contributed by atoms with van der Waals surface area (Å²) in [4.78, 5) is 13.9. The van der Waals surface area contributed by atoms with E-state index in [0.29, 0.717) is 13.1 Å². The molecule has 0 spiro atoms. The van der Waals surface area contributed by atoms with E-state index in [1.165, 1.54) is 0 Å². The van der Waals surface area contributed by atoms with Gasteiger partial charge in [0.25, 0.3) is 0 Å². The van der Waals surface area contributed by atoms with E-state index >= 15 is 0 Å². The van der Waals surface area contributed by atoms with E-state index in [2.05, 4.69) is 18.2 Å². The number of amides is 2. The van der Waals surface area contributed by atoms with Crippen LogP contribution in [0.1, 0.15) is 40.5 Å². The summed E-state index contributed by atoms with van der Waals surface area (Å²) in [6.45, 7) is 9.22. The van der Waals surface area contributed by atoms with Crippen LogP contribution in [0, 0.1) is 12.3 Å². The lowest BCUT2D eigenvalue weighted by Gasteiger charge is -2.41. The number of nitrogens with one attached hydrogen (secondary N) is 1. The molecule has 4 nitrogen and oxygen atoms in total. The molecule has 0 aromatic heterocycles. The molecule has 1 aliphatic heterocycles.